The fourth-order valence-corrected chi connectivity index (χ4v) is 6.17. The highest BCUT2D eigenvalue weighted by Crippen LogP contribution is 2.31. The lowest BCUT2D eigenvalue weighted by molar-refractivity contribution is 0.415. The number of hydrogen-bond acceptors (Lipinski definition) is 1. The van der Waals surface area contributed by atoms with Crippen molar-refractivity contribution in [1.82, 2.24) is 0 Å². The fourth-order valence-electron chi connectivity index (χ4n) is 2.83. The molecule has 0 saturated heterocycles. The van der Waals surface area contributed by atoms with Crippen LogP contribution in [0.25, 0.3) is 11.1 Å². The van der Waals surface area contributed by atoms with Crippen LogP contribution in [-0.2, 0) is 0 Å². The number of ether oxygens (including phenoxy) is 1. The summed E-state index contributed by atoms with van der Waals surface area (Å²) in [6, 6.07) is 12.7. The van der Waals surface area contributed by atoms with E-state index < -0.39 is 8.07 Å². The molecular weight excluding hydrogens is 260 g/mol. The standard InChI is InChI=1S/C15H15ClOSi/c1-17-11-5-7-14-13(9-11)12-6-4-10(16)8-15(12)18(14,2)3/h4-9H,1-3H3. The van der Waals surface area contributed by atoms with Crippen molar-refractivity contribution >= 4 is 30.0 Å². The highest BCUT2D eigenvalue weighted by atomic mass is 35.5. The normalized spacial score (nSPS) is 15.1. The minimum Gasteiger partial charge on any atom is -0.497 e. The summed E-state index contributed by atoms with van der Waals surface area (Å²) in [6.07, 6.45) is 0. The molecule has 1 nitrogen and oxygen atoms in total. The topological polar surface area (TPSA) is 9.23 Å². The monoisotopic (exact) mass is 274 g/mol. The Morgan fingerprint density at radius 1 is 0.944 bits per heavy atom. The van der Waals surface area contributed by atoms with Gasteiger partial charge in [0.1, 0.15) is 13.8 Å². The summed E-state index contributed by atoms with van der Waals surface area (Å²) in [7, 11) is 0.122. The van der Waals surface area contributed by atoms with E-state index in [1.54, 1.807) is 7.11 Å². The van der Waals surface area contributed by atoms with E-state index >= 15 is 0 Å². The fraction of sp³-hybridized carbons (Fsp3) is 0.200. The number of rotatable bonds is 1. The Morgan fingerprint density at radius 2 is 1.72 bits per heavy atom. The highest BCUT2D eigenvalue weighted by Gasteiger charge is 2.37. The zero-order valence-electron chi connectivity index (χ0n) is 10.8. The zero-order chi connectivity index (χ0) is 12.9. The first-order valence-electron chi connectivity index (χ1n) is 6.03. The maximum Gasteiger partial charge on any atom is 0.119 e. The Labute approximate surface area is 113 Å². The van der Waals surface area contributed by atoms with Crippen LogP contribution in [0.4, 0.5) is 0 Å². The summed E-state index contributed by atoms with van der Waals surface area (Å²) in [4.78, 5) is 0. The van der Waals surface area contributed by atoms with Crippen molar-refractivity contribution < 1.29 is 4.74 Å². The van der Waals surface area contributed by atoms with Gasteiger partial charge in [-0.2, -0.15) is 0 Å². The molecule has 0 bridgehead atoms. The first kappa shape index (κ1) is 11.8. The van der Waals surface area contributed by atoms with Crippen molar-refractivity contribution in [1.29, 1.82) is 0 Å². The Balaban J connectivity index is 2.32. The van der Waals surface area contributed by atoms with E-state index in [0.29, 0.717) is 0 Å². The summed E-state index contributed by atoms with van der Waals surface area (Å²) >= 11 is 6.15. The average Bonchev–Trinajstić information content (AvgIpc) is 2.58. The van der Waals surface area contributed by atoms with E-state index in [0.717, 1.165) is 10.8 Å². The van der Waals surface area contributed by atoms with Gasteiger partial charge in [0.15, 0.2) is 0 Å². The first-order chi connectivity index (χ1) is 8.54. The van der Waals surface area contributed by atoms with Gasteiger partial charge in [-0.25, -0.2) is 0 Å². The van der Waals surface area contributed by atoms with Crippen molar-refractivity contribution in [2.75, 3.05) is 7.11 Å². The molecule has 1 aliphatic heterocycles. The lowest BCUT2D eigenvalue weighted by Crippen LogP contribution is -2.49. The van der Waals surface area contributed by atoms with Gasteiger partial charge in [-0.15, -0.1) is 0 Å². The van der Waals surface area contributed by atoms with Crippen LogP contribution < -0.4 is 15.1 Å². The van der Waals surface area contributed by atoms with E-state index in [1.165, 1.54) is 21.5 Å². The smallest absolute Gasteiger partial charge is 0.119 e. The van der Waals surface area contributed by atoms with E-state index in [2.05, 4.69) is 43.4 Å². The number of hydrogen-bond donors (Lipinski definition) is 0. The predicted molar refractivity (Wildman–Crippen MR) is 80.2 cm³/mol. The summed E-state index contributed by atoms with van der Waals surface area (Å²) in [5.41, 5.74) is 2.64. The van der Waals surface area contributed by atoms with Crippen molar-refractivity contribution in [3.8, 4) is 16.9 Å². The van der Waals surface area contributed by atoms with Gasteiger partial charge in [-0.3, -0.25) is 0 Å². The van der Waals surface area contributed by atoms with Crippen LogP contribution in [-0.4, -0.2) is 15.2 Å². The molecule has 0 aliphatic carbocycles. The molecule has 0 N–H and O–H groups in total. The number of benzene rings is 2. The molecule has 2 aromatic carbocycles. The van der Waals surface area contributed by atoms with E-state index in [1.807, 2.05) is 6.07 Å². The minimum atomic E-state index is -1.59. The molecule has 1 aliphatic rings. The number of fused-ring (bicyclic) bond motifs is 3. The molecule has 1 heterocycles. The highest BCUT2D eigenvalue weighted by molar-refractivity contribution is 7.03. The summed E-state index contributed by atoms with van der Waals surface area (Å²) < 4.78 is 5.34. The molecule has 0 aromatic heterocycles. The Bertz CT molecular complexity index is 634. The molecule has 0 atom stereocenters. The van der Waals surface area contributed by atoms with Gasteiger partial charge in [0, 0.05) is 5.02 Å². The van der Waals surface area contributed by atoms with Gasteiger partial charge >= 0.3 is 0 Å². The second-order valence-electron chi connectivity index (χ2n) is 5.23. The molecule has 0 radical (unpaired) electrons. The van der Waals surface area contributed by atoms with Crippen LogP contribution in [0.1, 0.15) is 0 Å². The Morgan fingerprint density at radius 3 is 2.44 bits per heavy atom. The van der Waals surface area contributed by atoms with Gasteiger partial charge in [0.2, 0.25) is 0 Å². The van der Waals surface area contributed by atoms with Crippen LogP contribution in [0.3, 0.4) is 0 Å². The number of methoxy groups -OCH3 is 1. The summed E-state index contributed by atoms with van der Waals surface area (Å²) in [6.45, 7) is 4.75. The SMILES string of the molecule is COc1ccc2c(c1)-c1ccc(Cl)cc1[Si]2(C)C. The molecule has 0 saturated carbocycles. The lowest BCUT2D eigenvalue weighted by Gasteiger charge is -2.18. The van der Waals surface area contributed by atoms with Crippen LogP contribution in [0.5, 0.6) is 5.75 Å². The second-order valence-corrected chi connectivity index (χ2v) is 9.99. The quantitative estimate of drug-likeness (QED) is 0.726. The summed E-state index contributed by atoms with van der Waals surface area (Å²) in [5, 5.41) is 3.73. The number of halogens is 1. The van der Waals surface area contributed by atoms with Gasteiger partial charge in [0.05, 0.1) is 7.11 Å². The van der Waals surface area contributed by atoms with Crippen molar-refractivity contribution in [3.05, 3.63) is 41.4 Å². The summed E-state index contributed by atoms with van der Waals surface area (Å²) in [5.74, 6) is 0.918. The molecule has 0 amide bonds. The lowest BCUT2D eigenvalue weighted by atomic mass is 10.1. The van der Waals surface area contributed by atoms with E-state index in [9.17, 15) is 0 Å². The second kappa shape index (κ2) is 3.87. The zero-order valence-corrected chi connectivity index (χ0v) is 12.5. The van der Waals surface area contributed by atoms with Crippen molar-refractivity contribution in [2.24, 2.45) is 0 Å². The van der Waals surface area contributed by atoms with E-state index in [4.69, 9.17) is 16.3 Å². The molecule has 0 spiro atoms. The Kier molecular flexibility index (Phi) is 2.54. The van der Waals surface area contributed by atoms with Gasteiger partial charge < -0.3 is 4.74 Å². The van der Waals surface area contributed by atoms with Gasteiger partial charge in [-0.05, 0) is 45.8 Å². The molecule has 2 aromatic rings. The third-order valence-corrected chi connectivity index (χ3v) is 7.62. The van der Waals surface area contributed by atoms with Crippen LogP contribution in [0.15, 0.2) is 36.4 Å². The maximum atomic E-state index is 6.15. The third kappa shape index (κ3) is 1.53. The van der Waals surface area contributed by atoms with Crippen LogP contribution in [0, 0.1) is 0 Å². The van der Waals surface area contributed by atoms with Crippen molar-refractivity contribution in [2.45, 2.75) is 13.1 Å². The van der Waals surface area contributed by atoms with Gasteiger partial charge in [0.25, 0.3) is 0 Å². The molecule has 3 heteroatoms. The predicted octanol–water partition coefficient (Wildman–Crippen LogP) is 3.15. The van der Waals surface area contributed by atoms with Crippen molar-refractivity contribution in [3.63, 3.8) is 0 Å². The molecular formula is C15H15ClOSi. The molecule has 92 valence electrons. The molecule has 3 rings (SSSR count). The molecule has 0 fully saturated rings. The molecule has 0 unspecified atom stereocenters. The van der Waals surface area contributed by atoms with Crippen LogP contribution >= 0.6 is 11.6 Å². The maximum absolute atomic E-state index is 6.15. The van der Waals surface area contributed by atoms with Crippen LogP contribution in [0.2, 0.25) is 18.1 Å². The first-order valence-corrected chi connectivity index (χ1v) is 9.41. The average molecular weight is 275 g/mol. The van der Waals surface area contributed by atoms with Gasteiger partial charge in [-0.1, -0.05) is 36.8 Å². The Hall–Kier alpha value is -1.25. The molecule has 18 heavy (non-hydrogen) atoms. The minimum absolute atomic E-state index is 0.828. The van der Waals surface area contributed by atoms with E-state index in [-0.39, 0.29) is 0 Å². The largest absolute Gasteiger partial charge is 0.497 e. The third-order valence-electron chi connectivity index (χ3n) is 3.85.